The van der Waals surface area contributed by atoms with Crippen LogP contribution in [0.25, 0.3) is 10.9 Å². The average Bonchev–Trinajstić information content (AvgIpc) is 2.66. The number of nitrogens with zero attached hydrogens (tertiary/aromatic N) is 2. The number of methoxy groups -OCH3 is 1. The van der Waals surface area contributed by atoms with Crippen molar-refractivity contribution < 1.29 is 27.4 Å². The molecule has 3 rings (SSSR count). The summed E-state index contributed by atoms with van der Waals surface area (Å²) >= 11 is 0. The molecule has 0 aliphatic rings. The number of halogens is 3. The molecule has 0 saturated carbocycles. The Morgan fingerprint density at radius 1 is 1.14 bits per heavy atom. The summed E-state index contributed by atoms with van der Waals surface area (Å²) in [5, 5.41) is 0.533. The lowest BCUT2D eigenvalue weighted by Gasteiger charge is -2.20. The van der Waals surface area contributed by atoms with Gasteiger partial charge in [-0.1, -0.05) is 6.07 Å². The van der Waals surface area contributed by atoms with Gasteiger partial charge in [-0.3, -0.25) is 9.78 Å². The van der Waals surface area contributed by atoms with Gasteiger partial charge in [0.05, 0.1) is 18.2 Å². The number of amides is 1. The molecule has 8 heteroatoms. The summed E-state index contributed by atoms with van der Waals surface area (Å²) in [5.41, 5.74) is 1.93. The van der Waals surface area contributed by atoms with E-state index in [1.54, 1.807) is 26.1 Å². The fourth-order valence-electron chi connectivity index (χ4n) is 3.07. The molecule has 0 spiro atoms. The molecule has 0 atom stereocenters. The number of aryl methyl sites for hydroxylation is 1. The maximum Gasteiger partial charge on any atom is 0.387 e. The quantitative estimate of drug-likeness (QED) is 0.604. The summed E-state index contributed by atoms with van der Waals surface area (Å²) < 4.78 is 48.3. The summed E-state index contributed by atoms with van der Waals surface area (Å²) in [6.07, 6.45) is 0. The van der Waals surface area contributed by atoms with Crippen LogP contribution in [0.1, 0.15) is 21.6 Å². The molecule has 0 aliphatic heterocycles. The monoisotopic (exact) mass is 404 g/mol. The van der Waals surface area contributed by atoms with Crippen LogP contribution in [0.4, 0.5) is 13.2 Å². The maximum atomic E-state index is 13.5. The highest BCUT2D eigenvalue weighted by atomic mass is 19.3. The van der Waals surface area contributed by atoms with Gasteiger partial charge in [-0.05, 0) is 42.8 Å². The molecule has 3 aromatic rings. The average molecular weight is 404 g/mol. The molecule has 0 radical (unpaired) electrons. The summed E-state index contributed by atoms with van der Waals surface area (Å²) in [6.45, 7) is -1.13. The molecule has 0 N–H and O–H groups in total. The minimum atomic E-state index is -3.00. The molecule has 0 saturated heterocycles. The summed E-state index contributed by atoms with van der Waals surface area (Å²) in [5.74, 6) is -0.686. The van der Waals surface area contributed by atoms with Crippen molar-refractivity contribution in [3.63, 3.8) is 0 Å². The van der Waals surface area contributed by atoms with Crippen LogP contribution < -0.4 is 9.47 Å². The molecular formula is C21H19F3N2O3. The lowest BCUT2D eigenvalue weighted by Crippen LogP contribution is -2.26. The predicted octanol–water partition coefficient (Wildman–Crippen LogP) is 4.56. The van der Waals surface area contributed by atoms with Crippen LogP contribution in [0, 0.1) is 12.7 Å². The van der Waals surface area contributed by atoms with E-state index in [0.717, 1.165) is 0 Å². The number of aromatic nitrogens is 1. The number of pyridine rings is 1. The van der Waals surface area contributed by atoms with Crippen molar-refractivity contribution in [1.29, 1.82) is 0 Å². The Morgan fingerprint density at radius 3 is 2.59 bits per heavy atom. The number of hydrogen-bond donors (Lipinski definition) is 0. The number of carbonyl (C=O) groups is 1. The van der Waals surface area contributed by atoms with Crippen molar-refractivity contribution in [3.8, 4) is 11.5 Å². The normalized spacial score (nSPS) is 11.0. The highest BCUT2D eigenvalue weighted by molar-refractivity contribution is 6.06. The van der Waals surface area contributed by atoms with Gasteiger partial charge in [-0.2, -0.15) is 8.78 Å². The van der Waals surface area contributed by atoms with Crippen LogP contribution in [0.3, 0.4) is 0 Å². The van der Waals surface area contributed by atoms with E-state index in [4.69, 9.17) is 4.74 Å². The topological polar surface area (TPSA) is 51.7 Å². The fourth-order valence-corrected chi connectivity index (χ4v) is 3.07. The number of carbonyl (C=O) groups excluding carboxylic acids is 1. The Hall–Kier alpha value is -3.29. The zero-order chi connectivity index (χ0) is 21.1. The zero-order valence-electron chi connectivity index (χ0n) is 16.1. The van der Waals surface area contributed by atoms with Gasteiger partial charge in [0, 0.05) is 30.7 Å². The van der Waals surface area contributed by atoms with Crippen molar-refractivity contribution in [2.45, 2.75) is 20.1 Å². The van der Waals surface area contributed by atoms with E-state index in [0.29, 0.717) is 27.7 Å². The first-order valence-corrected chi connectivity index (χ1v) is 8.72. The van der Waals surface area contributed by atoms with Crippen molar-refractivity contribution in [1.82, 2.24) is 9.88 Å². The van der Waals surface area contributed by atoms with Crippen molar-refractivity contribution in [2.24, 2.45) is 0 Å². The number of rotatable bonds is 6. The van der Waals surface area contributed by atoms with Gasteiger partial charge >= 0.3 is 6.61 Å². The van der Waals surface area contributed by atoms with E-state index in [1.807, 2.05) is 0 Å². The molecule has 0 unspecified atom stereocenters. The minimum Gasteiger partial charge on any atom is -0.493 e. The molecule has 0 aliphatic carbocycles. The lowest BCUT2D eigenvalue weighted by atomic mass is 10.1. The van der Waals surface area contributed by atoms with E-state index in [2.05, 4.69) is 9.72 Å². The standard InChI is InChI=1S/C21H19F3N2O3/c1-12-8-16(15-6-5-14(22)10-17(15)25-12)20(27)26(2)11-13-4-7-18(28-3)19(9-13)29-21(23)24/h4-10,21H,11H2,1-3H3. The first-order valence-electron chi connectivity index (χ1n) is 8.72. The number of ether oxygens (including phenoxy) is 2. The largest absolute Gasteiger partial charge is 0.493 e. The number of benzene rings is 2. The number of fused-ring (bicyclic) bond motifs is 1. The van der Waals surface area contributed by atoms with Crippen LogP contribution in [0.2, 0.25) is 0 Å². The van der Waals surface area contributed by atoms with Gasteiger partial charge < -0.3 is 14.4 Å². The van der Waals surface area contributed by atoms with Gasteiger partial charge in [0.2, 0.25) is 0 Å². The van der Waals surface area contributed by atoms with Crippen molar-refractivity contribution in [2.75, 3.05) is 14.2 Å². The second kappa shape index (κ2) is 8.38. The molecule has 5 nitrogen and oxygen atoms in total. The Balaban J connectivity index is 1.89. The van der Waals surface area contributed by atoms with Crippen molar-refractivity contribution >= 4 is 16.8 Å². The number of hydrogen-bond acceptors (Lipinski definition) is 4. The van der Waals surface area contributed by atoms with E-state index in [1.165, 1.54) is 42.3 Å². The van der Waals surface area contributed by atoms with Crippen LogP contribution >= 0.6 is 0 Å². The highest BCUT2D eigenvalue weighted by Crippen LogP contribution is 2.30. The Kier molecular flexibility index (Phi) is 5.91. The third-order valence-corrected chi connectivity index (χ3v) is 4.34. The van der Waals surface area contributed by atoms with E-state index >= 15 is 0 Å². The Morgan fingerprint density at radius 2 is 1.90 bits per heavy atom. The maximum absolute atomic E-state index is 13.5. The fraction of sp³-hybridized carbons (Fsp3) is 0.238. The second-order valence-electron chi connectivity index (χ2n) is 6.50. The molecule has 152 valence electrons. The summed E-state index contributed by atoms with van der Waals surface area (Å²) in [7, 11) is 2.94. The lowest BCUT2D eigenvalue weighted by molar-refractivity contribution is -0.0512. The van der Waals surface area contributed by atoms with Gasteiger partial charge in [0.1, 0.15) is 5.82 Å². The molecule has 0 bridgehead atoms. The van der Waals surface area contributed by atoms with E-state index in [-0.39, 0.29) is 24.0 Å². The SMILES string of the molecule is COc1ccc(CN(C)C(=O)c2cc(C)nc3cc(F)ccc23)cc1OC(F)F. The van der Waals surface area contributed by atoms with Crippen LogP contribution in [0.15, 0.2) is 42.5 Å². The predicted molar refractivity (Wildman–Crippen MR) is 102 cm³/mol. The molecule has 2 aromatic carbocycles. The first-order chi connectivity index (χ1) is 13.8. The zero-order valence-corrected chi connectivity index (χ0v) is 16.1. The molecule has 1 amide bonds. The first kappa shape index (κ1) is 20.4. The molecule has 1 heterocycles. The smallest absolute Gasteiger partial charge is 0.387 e. The Labute approximate surface area is 165 Å². The van der Waals surface area contributed by atoms with Crippen LogP contribution in [-0.2, 0) is 6.54 Å². The second-order valence-corrected chi connectivity index (χ2v) is 6.50. The van der Waals surface area contributed by atoms with E-state index in [9.17, 15) is 18.0 Å². The van der Waals surface area contributed by atoms with Gasteiger partial charge in [0.15, 0.2) is 11.5 Å². The van der Waals surface area contributed by atoms with E-state index < -0.39 is 12.4 Å². The molecule has 1 aromatic heterocycles. The molecule has 29 heavy (non-hydrogen) atoms. The molecule has 0 fully saturated rings. The van der Waals surface area contributed by atoms with Crippen molar-refractivity contribution in [3.05, 3.63) is 65.1 Å². The third-order valence-electron chi connectivity index (χ3n) is 4.34. The third kappa shape index (κ3) is 4.59. The minimum absolute atomic E-state index is 0.110. The van der Waals surface area contributed by atoms with Crippen LogP contribution in [-0.4, -0.2) is 36.6 Å². The Bertz CT molecular complexity index is 1050. The van der Waals surface area contributed by atoms with Gasteiger partial charge in [-0.15, -0.1) is 0 Å². The number of alkyl halides is 2. The summed E-state index contributed by atoms with van der Waals surface area (Å²) in [4.78, 5) is 18.7. The molecular weight excluding hydrogens is 385 g/mol. The van der Waals surface area contributed by atoms with Gasteiger partial charge in [-0.25, -0.2) is 4.39 Å². The van der Waals surface area contributed by atoms with Gasteiger partial charge in [0.25, 0.3) is 5.91 Å². The summed E-state index contributed by atoms with van der Waals surface area (Å²) in [6, 6.07) is 10.3. The van der Waals surface area contributed by atoms with Crippen LogP contribution in [0.5, 0.6) is 11.5 Å². The highest BCUT2D eigenvalue weighted by Gasteiger charge is 2.18.